The molecular formula is C23H25N3O3. The van der Waals surface area contributed by atoms with Crippen LogP contribution in [0.5, 0.6) is 5.75 Å². The van der Waals surface area contributed by atoms with Crippen molar-refractivity contribution < 1.29 is 14.7 Å². The number of fused-ring (bicyclic) bond motifs is 4. The Bertz CT molecular complexity index is 1110. The summed E-state index contributed by atoms with van der Waals surface area (Å²) in [7, 11) is 0. The third-order valence-corrected chi connectivity index (χ3v) is 7.30. The molecule has 3 atom stereocenters. The Hall–Kier alpha value is -2.89. The number of hydrogen-bond donors (Lipinski definition) is 1. The van der Waals surface area contributed by atoms with Crippen LogP contribution in [-0.4, -0.2) is 26.2 Å². The number of rotatable bonds is 2. The number of aromatic nitrogens is 3. The molecular weight excluding hydrogens is 366 g/mol. The van der Waals surface area contributed by atoms with Gasteiger partial charge >= 0.3 is 5.97 Å². The molecule has 1 N–H and O–H groups in total. The highest BCUT2D eigenvalue weighted by Gasteiger charge is 2.56. The lowest BCUT2D eigenvalue weighted by molar-refractivity contribution is -0.166. The first-order valence-corrected chi connectivity index (χ1v) is 10.3. The van der Waals surface area contributed by atoms with Gasteiger partial charge in [-0.3, -0.25) is 0 Å². The lowest BCUT2D eigenvalue weighted by atomic mass is 9.50. The van der Waals surface area contributed by atoms with Crippen molar-refractivity contribution in [3.05, 3.63) is 53.6 Å². The molecule has 1 fully saturated rings. The third kappa shape index (κ3) is 2.65. The van der Waals surface area contributed by atoms with Crippen LogP contribution in [-0.2, 0) is 16.6 Å². The maximum Gasteiger partial charge on any atom is 0.341 e. The van der Waals surface area contributed by atoms with Crippen molar-refractivity contribution in [2.75, 3.05) is 0 Å². The minimum absolute atomic E-state index is 0.139. The number of carbonyl (C=O) groups excluding carboxylic acids is 1. The van der Waals surface area contributed by atoms with E-state index in [-0.39, 0.29) is 23.1 Å². The molecule has 2 aliphatic rings. The van der Waals surface area contributed by atoms with E-state index >= 15 is 0 Å². The van der Waals surface area contributed by atoms with Crippen LogP contribution in [0, 0.1) is 11.3 Å². The summed E-state index contributed by atoms with van der Waals surface area (Å²) in [6.07, 6.45) is 4.56. The molecule has 5 rings (SSSR count). The van der Waals surface area contributed by atoms with E-state index in [1.807, 2.05) is 43.3 Å². The van der Waals surface area contributed by atoms with E-state index in [4.69, 9.17) is 4.84 Å². The molecule has 2 aromatic carbocycles. The molecule has 1 heterocycles. The number of hydrogen-bond acceptors (Lipinski definition) is 5. The number of nitrogens with zero attached hydrogens (tertiary/aromatic N) is 3. The molecule has 1 saturated carbocycles. The molecule has 6 heteroatoms. The Morgan fingerprint density at radius 1 is 1.21 bits per heavy atom. The van der Waals surface area contributed by atoms with Gasteiger partial charge in [0.2, 0.25) is 0 Å². The molecule has 6 nitrogen and oxygen atoms in total. The zero-order chi connectivity index (χ0) is 20.2. The maximum atomic E-state index is 13.4. The van der Waals surface area contributed by atoms with Gasteiger partial charge in [-0.1, -0.05) is 36.4 Å². The Balaban J connectivity index is 1.51. The van der Waals surface area contributed by atoms with Crippen molar-refractivity contribution in [2.45, 2.75) is 51.4 Å². The van der Waals surface area contributed by atoms with Gasteiger partial charge < -0.3 is 9.94 Å². The molecule has 0 radical (unpaired) electrons. The SMILES string of the molecule is C[C@@]1(C(=O)On2nnc3ccccc32)CCC[C@]2(C)c3cc(O)ccc3CC[C@@H]12. The number of carbonyl (C=O) groups is 1. The van der Waals surface area contributed by atoms with Crippen LogP contribution in [0.1, 0.15) is 50.7 Å². The van der Waals surface area contributed by atoms with Gasteiger partial charge in [-0.25, -0.2) is 4.79 Å². The maximum absolute atomic E-state index is 13.4. The van der Waals surface area contributed by atoms with Gasteiger partial charge in [0.1, 0.15) is 16.8 Å². The van der Waals surface area contributed by atoms with Crippen molar-refractivity contribution in [3.8, 4) is 5.75 Å². The molecule has 0 saturated heterocycles. The van der Waals surface area contributed by atoms with Gasteiger partial charge in [-0.05, 0) is 84.5 Å². The smallest absolute Gasteiger partial charge is 0.341 e. The number of benzene rings is 2. The van der Waals surface area contributed by atoms with Crippen LogP contribution in [0.3, 0.4) is 0 Å². The summed E-state index contributed by atoms with van der Waals surface area (Å²) in [5.74, 6) is 0.169. The number of aromatic hydroxyl groups is 1. The van der Waals surface area contributed by atoms with E-state index in [0.717, 1.165) is 32.1 Å². The average molecular weight is 391 g/mol. The number of aryl methyl sites for hydroxylation is 1. The molecule has 0 spiro atoms. The second kappa shape index (κ2) is 6.31. The zero-order valence-electron chi connectivity index (χ0n) is 16.8. The summed E-state index contributed by atoms with van der Waals surface area (Å²) in [4.78, 5) is 20.5. The summed E-state index contributed by atoms with van der Waals surface area (Å²) in [5, 5.41) is 18.2. The second-order valence-electron chi connectivity index (χ2n) is 8.95. The fourth-order valence-corrected chi connectivity index (χ4v) is 5.79. The third-order valence-electron chi connectivity index (χ3n) is 7.30. The van der Waals surface area contributed by atoms with Crippen LogP contribution < -0.4 is 4.84 Å². The van der Waals surface area contributed by atoms with Crippen LogP contribution >= 0.6 is 0 Å². The van der Waals surface area contributed by atoms with Crippen molar-refractivity contribution in [2.24, 2.45) is 11.3 Å². The van der Waals surface area contributed by atoms with Gasteiger partial charge in [0.25, 0.3) is 0 Å². The number of phenolic OH excluding ortho intramolecular Hbond substituents is 1. The molecule has 3 aromatic rings. The summed E-state index contributed by atoms with van der Waals surface area (Å²) in [6, 6.07) is 13.1. The number of phenols is 1. The molecule has 29 heavy (non-hydrogen) atoms. The Kier molecular flexibility index (Phi) is 3.95. The monoisotopic (exact) mass is 391 g/mol. The lowest BCUT2D eigenvalue weighted by Gasteiger charge is -2.53. The van der Waals surface area contributed by atoms with Crippen molar-refractivity contribution in [1.29, 1.82) is 0 Å². The van der Waals surface area contributed by atoms with Gasteiger partial charge in [0.15, 0.2) is 0 Å². The zero-order valence-corrected chi connectivity index (χ0v) is 16.8. The summed E-state index contributed by atoms with van der Waals surface area (Å²) in [6.45, 7) is 4.27. The molecule has 0 bridgehead atoms. The first kappa shape index (κ1) is 18.2. The topological polar surface area (TPSA) is 77.2 Å². The highest BCUT2D eigenvalue weighted by molar-refractivity contribution is 5.79. The first-order chi connectivity index (χ1) is 13.9. The largest absolute Gasteiger partial charge is 0.508 e. The van der Waals surface area contributed by atoms with E-state index in [0.29, 0.717) is 11.0 Å². The van der Waals surface area contributed by atoms with E-state index in [1.165, 1.54) is 16.0 Å². The van der Waals surface area contributed by atoms with Crippen molar-refractivity contribution in [3.63, 3.8) is 0 Å². The van der Waals surface area contributed by atoms with E-state index < -0.39 is 5.41 Å². The summed E-state index contributed by atoms with van der Waals surface area (Å²) < 4.78 is 0. The fraction of sp³-hybridized carbons (Fsp3) is 0.435. The van der Waals surface area contributed by atoms with E-state index in [2.05, 4.69) is 17.2 Å². The van der Waals surface area contributed by atoms with Crippen molar-refractivity contribution in [1.82, 2.24) is 15.2 Å². The van der Waals surface area contributed by atoms with Gasteiger partial charge in [-0.15, -0.1) is 5.10 Å². The standard InChI is InChI=1S/C23H25N3O3/c1-22-12-5-13-23(2,20(22)11-9-15-8-10-16(27)14-17(15)22)21(28)29-26-19-7-4-3-6-18(19)24-25-26/h3-4,6-8,10,14,20,27H,5,9,11-13H2,1-2H3/t20-,22-,23-/m1/s1. The molecule has 0 amide bonds. The highest BCUT2D eigenvalue weighted by atomic mass is 16.7. The summed E-state index contributed by atoms with van der Waals surface area (Å²) in [5.41, 5.74) is 3.05. The minimum atomic E-state index is -0.622. The number of para-hydroxylation sites is 1. The van der Waals surface area contributed by atoms with Gasteiger partial charge in [-0.2, -0.15) is 0 Å². The Morgan fingerprint density at radius 3 is 2.90 bits per heavy atom. The van der Waals surface area contributed by atoms with Gasteiger partial charge in [0, 0.05) is 0 Å². The first-order valence-electron chi connectivity index (χ1n) is 10.3. The summed E-state index contributed by atoms with van der Waals surface area (Å²) >= 11 is 0. The van der Waals surface area contributed by atoms with E-state index in [9.17, 15) is 9.90 Å². The van der Waals surface area contributed by atoms with Gasteiger partial charge in [0.05, 0.1) is 5.41 Å². The quantitative estimate of drug-likeness (QED) is 0.673. The highest BCUT2D eigenvalue weighted by Crippen LogP contribution is 2.57. The Labute approximate surface area is 169 Å². The predicted octanol–water partition coefficient (Wildman–Crippen LogP) is 3.80. The van der Waals surface area contributed by atoms with Crippen molar-refractivity contribution >= 4 is 17.0 Å². The van der Waals surface area contributed by atoms with Crippen LogP contribution in [0.25, 0.3) is 11.0 Å². The second-order valence-corrected chi connectivity index (χ2v) is 8.95. The predicted molar refractivity (Wildman–Crippen MR) is 108 cm³/mol. The molecule has 2 aliphatic carbocycles. The molecule has 150 valence electrons. The van der Waals surface area contributed by atoms with Crippen LogP contribution in [0.4, 0.5) is 0 Å². The van der Waals surface area contributed by atoms with Crippen LogP contribution in [0.2, 0.25) is 0 Å². The Morgan fingerprint density at radius 2 is 2.03 bits per heavy atom. The molecule has 0 aliphatic heterocycles. The van der Waals surface area contributed by atoms with Crippen LogP contribution in [0.15, 0.2) is 42.5 Å². The molecule has 1 aromatic heterocycles. The molecule has 0 unspecified atom stereocenters. The fourth-order valence-electron chi connectivity index (χ4n) is 5.79. The minimum Gasteiger partial charge on any atom is -0.508 e. The normalized spacial score (nSPS) is 28.6. The lowest BCUT2D eigenvalue weighted by Crippen LogP contribution is -2.54. The average Bonchev–Trinajstić information content (AvgIpc) is 3.11. The van der Waals surface area contributed by atoms with E-state index in [1.54, 1.807) is 6.07 Å².